The minimum Gasteiger partial charge on any atom is -0.322 e. The molecule has 0 aliphatic carbocycles. The molecule has 1 aliphatic rings. The molecule has 10 heteroatoms. The normalized spacial score (nSPS) is 16.1. The zero-order chi connectivity index (χ0) is 19.9. The Morgan fingerprint density at radius 3 is 2.64 bits per heavy atom. The van der Waals surface area contributed by atoms with Crippen LogP contribution in [0.3, 0.4) is 0 Å². The van der Waals surface area contributed by atoms with Gasteiger partial charge in [-0.3, -0.25) is 14.2 Å². The van der Waals surface area contributed by atoms with Gasteiger partial charge in [-0.15, -0.1) is 0 Å². The molecule has 4 rings (SSSR count). The lowest BCUT2D eigenvalue weighted by atomic mass is 9.98. The Morgan fingerprint density at radius 2 is 2.00 bits per heavy atom. The topological polar surface area (TPSA) is 108 Å². The van der Waals surface area contributed by atoms with Gasteiger partial charge in [0.05, 0.1) is 17.9 Å². The fourth-order valence-corrected chi connectivity index (χ4v) is 4.30. The number of carbonyl (C=O) groups is 1. The van der Waals surface area contributed by atoms with E-state index in [2.05, 4.69) is 20.5 Å². The molecule has 0 fully saturated rings. The lowest BCUT2D eigenvalue weighted by Crippen LogP contribution is -2.29. The number of anilines is 2. The van der Waals surface area contributed by atoms with Gasteiger partial charge < -0.3 is 5.32 Å². The summed E-state index contributed by atoms with van der Waals surface area (Å²) in [4.78, 5) is 16.8. The van der Waals surface area contributed by atoms with Crippen LogP contribution in [0.15, 0.2) is 48.8 Å². The molecule has 0 unspecified atom stereocenters. The quantitative estimate of drug-likeness (QED) is 0.678. The third-order valence-corrected chi connectivity index (χ3v) is 5.95. The Bertz CT molecular complexity index is 1130. The number of amides is 1. The molecule has 0 radical (unpaired) electrons. The van der Waals surface area contributed by atoms with E-state index in [0.29, 0.717) is 33.3 Å². The highest BCUT2D eigenvalue weighted by Gasteiger charge is 2.36. The van der Waals surface area contributed by atoms with Gasteiger partial charge in [0.15, 0.2) is 0 Å². The van der Waals surface area contributed by atoms with Crippen LogP contribution in [0.25, 0.3) is 0 Å². The average Bonchev–Trinajstić information content (AvgIpc) is 3.29. The van der Waals surface area contributed by atoms with E-state index in [1.165, 1.54) is 10.6 Å². The van der Waals surface area contributed by atoms with Crippen molar-refractivity contribution >= 4 is 38.9 Å². The molecule has 1 aliphatic heterocycles. The number of carbonyl (C=O) groups excluding carboxylic acids is 1. The van der Waals surface area contributed by atoms with Gasteiger partial charge in [0, 0.05) is 22.8 Å². The Morgan fingerprint density at radius 1 is 1.25 bits per heavy atom. The van der Waals surface area contributed by atoms with Gasteiger partial charge in [-0.2, -0.15) is 5.10 Å². The second-order valence-electron chi connectivity index (χ2n) is 6.45. The van der Waals surface area contributed by atoms with Crippen molar-refractivity contribution in [2.45, 2.75) is 5.92 Å². The number of sulfonamides is 1. The number of nitrogens with zero attached hydrogens (tertiary/aromatic N) is 3. The van der Waals surface area contributed by atoms with E-state index in [1.54, 1.807) is 42.5 Å². The van der Waals surface area contributed by atoms with E-state index in [-0.39, 0.29) is 18.4 Å². The number of fused-ring (bicyclic) bond motifs is 1. The molecular weight excluding hydrogens is 402 g/mol. The molecule has 0 bridgehead atoms. The van der Waals surface area contributed by atoms with Gasteiger partial charge in [0.25, 0.3) is 5.91 Å². The first-order valence-corrected chi connectivity index (χ1v) is 10.6. The smallest absolute Gasteiger partial charge is 0.255 e. The SMILES string of the molecule is CS(=O)(=O)N1C[C@@H](c2ncn[nH]2)c2cc(C(=O)Nc3ccc(Cl)cc3)ccc21. The van der Waals surface area contributed by atoms with Crippen LogP contribution >= 0.6 is 11.6 Å². The van der Waals surface area contributed by atoms with Crippen molar-refractivity contribution in [3.63, 3.8) is 0 Å². The molecular formula is C18H16ClN5O3S. The Balaban J connectivity index is 1.70. The highest BCUT2D eigenvalue weighted by atomic mass is 35.5. The summed E-state index contributed by atoms with van der Waals surface area (Å²) in [5.41, 5.74) is 2.26. The van der Waals surface area contributed by atoms with Gasteiger partial charge >= 0.3 is 0 Å². The van der Waals surface area contributed by atoms with Crippen molar-refractivity contribution in [2.24, 2.45) is 0 Å². The third kappa shape index (κ3) is 3.46. The van der Waals surface area contributed by atoms with Gasteiger partial charge in [-0.1, -0.05) is 11.6 Å². The predicted molar refractivity (Wildman–Crippen MR) is 106 cm³/mol. The van der Waals surface area contributed by atoms with E-state index in [4.69, 9.17) is 11.6 Å². The van der Waals surface area contributed by atoms with E-state index < -0.39 is 10.0 Å². The van der Waals surface area contributed by atoms with E-state index in [0.717, 1.165) is 6.26 Å². The first-order valence-electron chi connectivity index (χ1n) is 8.37. The molecule has 28 heavy (non-hydrogen) atoms. The first-order chi connectivity index (χ1) is 13.3. The number of aromatic amines is 1. The summed E-state index contributed by atoms with van der Waals surface area (Å²) in [6, 6.07) is 11.7. The lowest BCUT2D eigenvalue weighted by Gasteiger charge is -2.16. The minimum atomic E-state index is -3.47. The summed E-state index contributed by atoms with van der Waals surface area (Å²) in [5.74, 6) is -0.0996. The monoisotopic (exact) mass is 417 g/mol. The number of nitrogens with one attached hydrogen (secondary N) is 2. The van der Waals surface area contributed by atoms with Crippen LogP contribution < -0.4 is 9.62 Å². The average molecular weight is 418 g/mol. The molecule has 1 amide bonds. The number of aromatic nitrogens is 3. The molecule has 0 spiro atoms. The number of hydrogen-bond acceptors (Lipinski definition) is 5. The standard InChI is InChI=1S/C18H16ClN5O3S/c1-28(26,27)24-9-15(17-20-10-21-23-17)14-8-11(2-7-16(14)24)18(25)22-13-5-3-12(19)4-6-13/h2-8,10,15H,9H2,1H3,(H,22,25)(H,20,21,23)/t15-/m1/s1. The van der Waals surface area contributed by atoms with Crippen molar-refractivity contribution in [1.29, 1.82) is 0 Å². The first kappa shape index (κ1) is 18.5. The summed E-state index contributed by atoms with van der Waals surface area (Å²) in [7, 11) is -3.47. The number of rotatable bonds is 4. The van der Waals surface area contributed by atoms with E-state index in [1.807, 2.05) is 0 Å². The maximum atomic E-state index is 12.7. The van der Waals surface area contributed by atoms with Crippen LogP contribution in [-0.4, -0.2) is 42.3 Å². The van der Waals surface area contributed by atoms with Crippen molar-refractivity contribution < 1.29 is 13.2 Å². The van der Waals surface area contributed by atoms with Crippen molar-refractivity contribution in [2.75, 3.05) is 22.4 Å². The maximum absolute atomic E-state index is 12.7. The number of halogens is 1. The molecule has 144 valence electrons. The molecule has 3 aromatic rings. The van der Waals surface area contributed by atoms with Gasteiger partial charge in [-0.05, 0) is 48.0 Å². The lowest BCUT2D eigenvalue weighted by molar-refractivity contribution is 0.102. The zero-order valence-corrected chi connectivity index (χ0v) is 16.3. The summed E-state index contributed by atoms with van der Waals surface area (Å²) in [5, 5.41) is 10.0. The van der Waals surface area contributed by atoms with Crippen LogP contribution in [0.5, 0.6) is 0 Å². The largest absolute Gasteiger partial charge is 0.322 e. The van der Waals surface area contributed by atoms with Crippen LogP contribution in [0, 0.1) is 0 Å². The fraction of sp³-hybridized carbons (Fsp3) is 0.167. The van der Waals surface area contributed by atoms with Crippen molar-refractivity contribution in [3.05, 3.63) is 70.8 Å². The van der Waals surface area contributed by atoms with Crippen LogP contribution in [0.4, 0.5) is 11.4 Å². The highest BCUT2D eigenvalue weighted by molar-refractivity contribution is 7.92. The van der Waals surface area contributed by atoms with E-state index >= 15 is 0 Å². The maximum Gasteiger partial charge on any atom is 0.255 e. The molecule has 2 heterocycles. The molecule has 1 atom stereocenters. The summed E-state index contributed by atoms with van der Waals surface area (Å²) in [6.07, 6.45) is 2.52. The van der Waals surface area contributed by atoms with Crippen molar-refractivity contribution in [1.82, 2.24) is 15.2 Å². The third-order valence-electron chi connectivity index (χ3n) is 4.55. The molecule has 1 aromatic heterocycles. The Labute approximate surface area is 166 Å². The molecule has 0 saturated carbocycles. The number of H-pyrrole nitrogens is 1. The summed E-state index contributed by atoms with van der Waals surface area (Å²) < 4.78 is 25.7. The Kier molecular flexibility index (Phi) is 4.56. The number of hydrogen-bond donors (Lipinski definition) is 2. The summed E-state index contributed by atoms with van der Waals surface area (Å²) >= 11 is 5.86. The molecule has 2 aromatic carbocycles. The van der Waals surface area contributed by atoms with Crippen LogP contribution in [-0.2, 0) is 10.0 Å². The number of benzene rings is 2. The molecule has 8 nitrogen and oxygen atoms in total. The van der Waals surface area contributed by atoms with E-state index in [9.17, 15) is 13.2 Å². The molecule has 0 saturated heterocycles. The summed E-state index contributed by atoms with van der Waals surface area (Å²) in [6.45, 7) is 0.200. The van der Waals surface area contributed by atoms with Gasteiger partial charge in [-0.25, -0.2) is 13.4 Å². The van der Waals surface area contributed by atoms with Gasteiger partial charge in [0.2, 0.25) is 10.0 Å². The molecule has 2 N–H and O–H groups in total. The predicted octanol–water partition coefficient (Wildman–Crippen LogP) is 2.62. The van der Waals surface area contributed by atoms with Crippen LogP contribution in [0.2, 0.25) is 5.02 Å². The zero-order valence-electron chi connectivity index (χ0n) is 14.8. The fourth-order valence-electron chi connectivity index (χ4n) is 3.23. The highest BCUT2D eigenvalue weighted by Crippen LogP contribution is 2.40. The second-order valence-corrected chi connectivity index (χ2v) is 8.80. The second kappa shape index (κ2) is 6.92. The van der Waals surface area contributed by atoms with Gasteiger partial charge in [0.1, 0.15) is 12.2 Å². The Hall–Kier alpha value is -2.91. The minimum absolute atomic E-state index is 0.200. The van der Waals surface area contributed by atoms with Crippen LogP contribution in [0.1, 0.15) is 27.7 Å². The van der Waals surface area contributed by atoms with Crippen molar-refractivity contribution in [3.8, 4) is 0 Å².